The molecule has 1 heteroatoms. The molecule has 0 amide bonds. The summed E-state index contributed by atoms with van der Waals surface area (Å²) in [5.74, 6) is 1.13. The van der Waals surface area contributed by atoms with E-state index in [9.17, 15) is 0 Å². The Morgan fingerprint density at radius 3 is 2.18 bits per heavy atom. The summed E-state index contributed by atoms with van der Waals surface area (Å²) < 4.78 is 5.34. The number of hydrogen-bond donors (Lipinski definition) is 0. The van der Waals surface area contributed by atoms with E-state index in [1.807, 2.05) is 6.07 Å². The lowest BCUT2D eigenvalue weighted by Crippen LogP contribution is -1.83. The van der Waals surface area contributed by atoms with Crippen LogP contribution in [0.3, 0.4) is 0 Å². The quantitative estimate of drug-likeness (QED) is 0.260. The molecule has 0 spiro atoms. The average Bonchev–Trinajstić information content (AvgIpc) is 3.04. The molecule has 124 valence electrons. The topological polar surface area (TPSA) is 13.1 Å². The molecule has 0 N–H and O–H groups in total. The van der Waals surface area contributed by atoms with E-state index in [0.29, 0.717) is 0 Å². The van der Waals surface area contributed by atoms with Crippen LogP contribution in [-0.2, 0) is 6.42 Å². The third-order valence-corrected chi connectivity index (χ3v) is 3.95. The first-order valence-corrected chi connectivity index (χ1v) is 9.26. The molecule has 0 aliphatic rings. The fraction of sp³-hybridized carbons (Fsp3) is 0.619. The number of furan rings is 1. The summed E-state index contributed by atoms with van der Waals surface area (Å²) in [6, 6.07) is 4.05. The molecule has 0 fully saturated rings. The molecule has 0 aliphatic carbocycles. The summed E-state index contributed by atoms with van der Waals surface area (Å²) in [4.78, 5) is 0. The van der Waals surface area contributed by atoms with Crippen LogP contribution in [0.2, 0.25) is 0 Å². The zero-order valence-electron chi connectivity index (χ0n) is 14.4. The highest BCUT2D eigenvalue weighted by Crippen LogP contribution is 2.10. The van der Waals surface area contributed by atoms with Gasteiger partial charge in [-0.3, -0.25) is 0 Å². The van der Waals surface area contributed by atoms with Crippen LogP contribution >= 0.6 is 0 Å². The van der Waals surface area contributed by atoms with E-state index < -0.39 is 0 Å². The molecule has 0 saturated heterocycles. The van der Waals surface area contributed by atoms with Crippen molar-refractivity contribution in [2.24, 2.45) is 0 Å². The first kappa shape index (κ1) is 18.8. The number of aryl methyl sites for hydroxylation is 1. The summed E-state index contributed by atoms with van der Waals surface area (Å²) in [5.41, 5.74) is 0. The Balaban J connectivity index is 1.79. The van der Waals surface area contributed by atoms with Crippen LogP contribution in [0.15, 0.2) is 47.1 Å². The van der Waals surface area contributed by atoms with Crippen LogP contribution in [0.1, 0.15) is 83.3 Å². The monoisotopic (exact) mass is 302 g/mol. The summed E-state index contributed by atoms with van der Waals surface area (Å²) in [6.45, 7) is 2.26. The Kier molecular flexibility index (Phi) is 12.6. The average molecular weight is 303 g/mol. The molecule has 1 heterocycles. The second-order valence-electron chi connectivity index (χ2n) is 6.06. The normalized spacial score (nSPS) is 11.9. The van der Waals surface area contributed by atoms with E-state index >= 15 is 0 Å². The molecule has 22 heavy (non-hydrogen) atoms. The lowest BCUT2D eigenvalue weighted by molar-refractivity contribution is 0.492. The van der Waals surface area contributed by atoms with Crippen molar-refractivity contribution in [2.75, 3.05) is 0 Å². The van der Waals surface area contributed by atoms with Gasteiger partial charge >= 0.3 is 0 Å². The van der Waals surface area contributed by atoms with Gasteiger partial charge in [-0.25, -0.2) is 0 Å². The van der Waals surface area contributed by atoms with Crippen LogP contribution in [0.4, 0.5) is 0 Å². The third-order valence-electron chi connectivity index (χ3n) is 3.95. The molecule has 0 aromatic carbocycles. The van der Waals surface area contributed by atoms with Crippen molar-refractivity contribution in [3.05, 3.63) is 48.5 Å². The van der Waals surface area contributed by atoms with Gasteiger partial charge in [-0.1, -0.05) is 63.3 Å². The van der Waals surface area contributed by atoms with Gasteiger partial charge in [-0.15, -0.1) is 0 Å². The molecule has 0 aliphatic heterocycles. The van der Waals surface area contributed by atoms with Gasteiger partial charge in [-0.2, -0.15) is 0 Å². The predicted octanol–water partition coefficient (Wildman–Crippen LogP) is 7.25. The van der Waals surface area contributed by atoms with Gasteiger partial charge in [0.05, 0.1) is 6.26 Å². The fourth-order valence-electron chi connectivity index (χ4n) is 2.57. The minimum absolute atomic E-state index is 1.09. The van der Waals surface area contributed by atoms with Gasteiger partial charge in [0.2, 0.25) is 0 Å². The second-order valence-corrected chi connectivity index (χ2v) is 6.06. The second kappa shape index (κ2) is 14.7. The number of unbranched alkanes of at least 4 members (excludes halogenated alkanes) is 8. The highest BCUT2D eigenvalue weighted by Gasteiger charge is 1.95. The highest BCUT2D eigenvalue weighted by molar-refractivity contribution is 4.97. The summed E-state index contributed by atoms with van der Waals surface area (Å²) in [6.07, 6.45) is 26.4. The minimum atomic E-state index is 1.09. The van der Waals surface area contributed by atoms with Crippen LogP contribution in [-0.4, -0.2) is 0 Å². The molecule has 1 aromatic rings. The fourth-order valence-corrected chi connectivity index (χ4v) is 2.57. The van der Waals surface area contributed by atoms with Crippen LogP contribution < -0.4 is 0 Å². The van der Waals surface area contributed by atoms with Crippen molar-refractivity contribution in [2.45, 2.75) is 84.0 Å². The number of allylic oxidation sites excluding steroid dienone is 4. The van der Waals surface area contributed by atoms with Crippen molar-refractivity contribution < 1.29 is 4.42 Å². The Hall–Kier alpha value is -1.24. The van der Waals surface area contributed by atoms with E-state index in [0.717, 1.165) is 18.6 Å². The lowest BCUT2D eigenvalue weighted by Gasteiger charge is -1.99. The highest BCUT2D eigenvalue weighted by atomic mass is 16.3. The SMILES string of the molecule is CCCCCC=CCC=CCCCCCCCc1ccco1. The summed E-state index contributed by atoms with van der Waals surface area (Å²) >= 11 is 0. The predicted molar refractivity (Wildman–Crippen MR) is 97.2 cm³/mol. The molecular formula is C21H34O. The maximum Gasteiger partial charge on any atom is 0.103 e. The van der Waals surface area contributed by atoms with Gasteiger partial charge in [0, 0.05) is 6.42 Å². The molecule has 1 rings (SSSR count). The van der Waals surface area contributed by atoms with Crippen molar-refractivity contribution in [3.8, 4) is 0 Å². The third kappa shape index (κ3) is 11.4. The molecule has 0 radical (unpaired) electrons. The van der Waals surface area contributed by atoms with Crippen molar-refractivity contribution in [1.82, 2.24) is 0 Å². The van der Waals surface area contributed by atoms with E-state index in [-0.39, 0.29) is 0 Å². The molecule has 1 nitrogen and oxygen atoms in total. The molecular weight excluding hydrogens is 268 g/mol. The zero-order valence-corrected chi connectivity index (χ0v) is 14.4. The molecule has 0 saturated carbocycles. The van der Waals surface area contributed by atoms with Crippen molar-refractivity contribution in [1.29, 1.82) is 0 Å². The van der Waals surface area contributed by atoms with Gasteiger partial charge in [0.15, 0.2) is 0 Å². The first-order valence-electron chi connectivity index (χ1n) is 9.26. The lowest BCUT2D eigenvalue weighted by atomic mass is 10.1. The maximum atomic E-state index is 5.34. The molecule has 0 bridgehead atoms. The Morgan fingerprint density at radius 2 is 1.50 bits per heavy atom. The zero-order chi connectivity index (χ0) is 15.7. The van der Waals surface area contributed by atoms with E-state index in [2.05, 4.69) is 37.3 Å². The molecule has 0 unspecified atom stereocenters. The summed E-state index contributed by atoms with van der Waals surface area (Å²) in [5, 5.41) is 0. The largest absolute Gasteiger partial charge is 0.469 e. The maximum absolute atomic E-state index is 5.34. The van der Waals surface area contributed by atoms with Crippen molar-refractivity contribution in [3.63, 3.8) is 0 Å². The Bertz CT molecular complexity index is 373. The first-order chi connectivity index (χ1) is 10.9. The van der Waals surface area contributed by atoms with E-state index in [1.54, 1.807) is 6.26 Å². The Labute approximate surface area is 137 Å². The van der Waals surface area contributed by atoms with Crippen LogP contribution in [0.5, 0.6) is 0 Å². The van der Waals surface area contributed by atoms with Gasteiger partial charge in [-0.05, 0) is 50.7 Å². The van der Waals surface area contributed by atoms with Crippen LogP contribution in [0, 0.1) is 0 Å². The number of hydrogen-bond acceptors (Lipinski definition) is 1. The standard InChI is InChI=1S/C21H34O/c1-2-3-4-5-6-7-8-9-10-11-12-13-14-15-16-18-21-19-17-20-22-21/h6-7,9-10,17,19-20H,2-5,8,11-16,18H2,1H3. The summed E-state index contributed by atoms with van der Waals surface area (Å²) in [7, 11) is 0. The Morgan fingerprint density at radius 1 is 0.818 bits per heavy atom. The van der Waals surface area contributed by atoms with Gasteiger partial charge in [0.25, 0.3) is 0 Å². The smallest absolute Gasteiger partial charge is 0.103 e. The molecule has 0 atom stereocenters. The minimum Gasteiger partial charge on any atom is -0.469 e. The van der Waals surface area contributed by atoms with Crippen LogP contribution in [0.25, 0.3) is 0 Å². The van der Waals surface area contributed by atoms with Gasteiger partial charge in [0.1, 0.15) is 5.76 Å². The van der Waals surface area contributed by atoms with E-state index in [1.165, 1.54) is 64.2 Å². The van der Waals surface area contributed by atoms with Gasteiger partial charge < -0.3 is 4.42 Å². The molecule has 1 aromatic heterocycles. The van der Waals surface area contributed by atoms with Crippen molar-refractivity contribution >= 4 is 0 Å². The van der Waals surface area contributed by atoms with E-state index in [4.69, 9.17) is 4.42 Å². The number of rotatable bonds is 14.